The first-order chi connectivity index (χ1) is 71.4. The van der Waals surface area contributed by atoms with Crippen molar-refractivity contribution < 1.29 is 0 Å². The van der Waals surface area contributed by atoms with E-state index in [9.17, 15) is 0 Å². The predicted octanol–water partition coefficient (Wildman–Crippen LogP) is 36.4. The quantitative estimate of drug-likeness (QED) is 0.113. The Morgan fingerprint density at radius 1 is 0.0903 bits per heavy atom. The third kappa shape index (κ3) is 16.8. The minimum absolute atomic E-state index is 0.668. The van der Waals surface area contributed by atoms with E-state index in [4.69, 9.17) is 29.9 Å². The molecule has 4 heterocycles. The van der Waals surface area contributed by atoms with E-state index < -0.39 is 0 Å². The van der Waals surface area contributed by atoms with E-state index in [0.29, 0.717) is 17.5 Å². The lowest BCUT2D eigenvalue weighted by molar-refractivity contribution is 1.07. The van der Waals surface area contributed by atoms with Crippen molar-refractivity contribution in [1.82, 2.24) is 34.9 Å². The van der Waals surface area contributed by atoms with Gasteiger partial charge in [0, 0.05) is 56.9 Å². The highest BCUT2D eigenvalue weighted by atomic mass is 15.0. The second kappa shape index (κ2) is 38.3. The van der Waals surface area contributed by atoms with Gasteiger partial charge >= 0.3 is 0 Å². The van der Waals surface area contributed by atoms with Gasteiger partial charge in [0.05, 0.1) is 22.8 Å². The zero-order valence-corrected chi connectivity index (χ0v) is 78.5. The van der Waals surface area contributed by atoms with E-state index >= 15 is 0 Å². The fraction of sp³-hybridized carbons (Fsp3) is 0. The number of aromatic nitrogens is 7. The number of pyridine rings is 2. The van der Waals surface area contributed by atoms with Crippen LogP contribution in [0.1, 0.15) is 0 Å². The van der Waals surface area contributed by atoms with E-state index in [2.05, 4.69) is 424 Å². The lowest BCUT2D eigenvalue weighted by Gasteiger charge is -2.14. The zero-order valence-electron chi connectivity index (χ0n) is 78.5. The maximum absolute atomic E-state index is 5.05. The summed E-state index contributed by atoms with van der Waals surface area (Å²) in [6.07, 6.45) is 3.72. The molecule has 0 aliphatic heterocycles. The van der Waals surface area contributed by atoms with Crippen molar-refractivity contribution in [3.05, 3.63) is 540 Å². The van der Waals surface area contributed by atoms with Gasteiger partial charge in [-0.1, -0.05) is 455 Å². The second-order valence-electron chi connectivity index (χ2n) is 36.4. The molecule has 0 radical (unpaired) electrons. The molecule has 0 aliphatic carbocycles. The third-order valence-electron chi connectivity index (χ3n) is 27.7. The number of nitrogens with zero attached hydrogens (tertiary/aromatic N) is 7. The van der Waals surface area contributed by atoms with Crippen molar-refractivity contribution in [3.63, 3.8) is 0 Å². The summed E-state index contributed by atoms with van der Waals surface area (Å²) in [4.78, 5) is 34.0. The number of fused-ring (bicyclic) bond motifs is 24. The van der Waals surface area contributed by atoms with Gasteiger partial charge in [0.25, 0.3) is 0 Å². The molecule has 144 heavy (non-hydrogen) atoms. The molecule has 0 unspecified atom stereocenters. The van der Waals surface area contributed by atoms with Crippen LogP contribution >= 0.6 is 0 Å². The summed E-state index contributed by atoms with van der Waals surface area (Å²) in [5, 5.41) is 30.5. The Morgan fingerprint density at radius 3 is 0.542 bits per heavy atom. The topological polar surface area (TPSA) is 90.2 Å². The highest BCUT2D eigenvalue weighted by Gasteiger charge is 2.21. The Morgan fingerprint density at radius 2 is 0.271 bits per heavy atom. The molecule has 0 atom stereocenters. The van der Waals surface area contributed by atoms with E-state index in [1.807, 2.05) is 122 Å². The van der Waals surface area contributed by atoms with Crippen LogP contribution in [0.5, 0.6) is 0 Å². The van der Waals surface area contributed by atoms with Crippen LogP contribution in [0.2, 0.25) is 0 Å². The Kier molecular flexibility index (Phi) is 23.0. The summed E-state index contributed by atoms with van der Waals surface area (Å²) < 4.78 is 0. The van der Waals surface area contributed by atoms with Gasteiger partial charge in [-0.25, -0.2) is 29.9 Å². The molecule has 672 valence electrons. The normalized spacial score (nSPS) is 11.3. The van der Waals surface area contributed by atoms with Gasteiger partial charge < -0.3 is 0 Å². The van der Waals surface area contributed by atoms with Crippen LogP contribution in [-0.2, 0) is 0 Å². The van der Waals surface area contributed by atoms with Crippen molar-refractivity contribution in [1.29, 1.82) is 0 Å². The number of benzene rings is 24. The first kappa shape index (κ1) is 86.4. The van der Waals surface area contributed by atoms with Gasteiger partial charge in [-0.3, -0.25) is 4.98 Å². The molecule has 4 aromatic heterocycles. The van der Waals surface area contributed by atoms with Crippen molar-refractivity contribution >= 4 is 129 Å². The number of hydrogen-bond donors (Lipinski definition) is 0. The van der Waals surface area contributed by atoms with E-state index in [1.54, 1.807) is 0 Å². The first-order valence-electron chi connectivity index (χ1n) is 48.9. The third-order valence-corrected chi connectivity index (χ3v) is 27.7. The van der Waals surface area contributed by atoms with Crippen molar-refractivity contribution in [2.24, 2.45) is 0 Å². The Labute approximate surface area is 833 Å². The zero-order chi connectivity index (χ0) is 95.6. The summed E-state index contributed by atoms with van der Waals surface area (Å²) in [6.45, 7) is 0. The molecule has 28 rings (SSSR count). The van der Waals surface area contributed by atoms with Gasteiger partial charge in [-0.05, 0) is 247 Å². The van der Waals surface area contributed by atoms with Crippen LogP contribution in [0.3, 0.4) is 0 Å². The van der Waals surface area contributed by atoms with Crippen molar-refractivity contribution in [2.45, 2.75) is 0 Å². The Balaban J connectivity index is 0.000000101. The summed E-state index contributed by atoms with van der Waals surface area (Å²) in [5.74, 6) is 2.74. The Hall–Kier alpha value is -19.2. The fourth-order valence-corrected chi connectivity index (χ4v) is 20.8. The number of rotatable bonds is 12. The molecule has 0 fully saturated rings. The Bertz CT molecular complexity index is 8240. The van der Waals surface area contributed by atoms with Crippen molar-refractivity contribution in [3.8, 4) is 135 Å². The van der Waals surface area contributed by atoms with Gasteiger partial charge in [0.15, 0.2) is 23.3 Å². The van der Waals surface area contributed by atoms with Crippen LogP contribution in [-0.4, -0.2) is 34.9 Å². The first-order valence-corrected chi connectivity index (χ1v) is 48.9. The second-order valence-corrected chi connectivity index (χ2v) is 36.4. The minimum atomic E-state index is 0.668. The molecular weight excluding hydrogens is 1740 g/mol. The van der Waals surface area contributed by atoms with Gasteiger partial charge in [-0.15, -0.1) is 0 Å². The van der Waals surface area contributed by atoms with Crippen LogP contribution in [0, 0.1) is 0 Å². The van der Waals surface area contributed by atoms with Crippen LogP contribution < -0.4 is 0 Å². The molecule has 0 amide bonds. The molecule has 0 bridgehead atoms. The predicted molar refractivity (Wildman–Crippen MR) is 606 cm³/mol. The highest BCUT2D eigenvalue weighted by molar-refractivity contribution is 6.30. The summed E-state index contributed by atoms with van der Waals surface area (Å²) in [7, 11) is 0. The van der Waals surface area contributed by atoms with E-state index in [-0.39, 0.29) is 0 Å². The smallest absolute Gasteiger partial charge is 0.164 e. The maximum Gasteiger partial charge on any atom is 0.164 e. The monoisotopic (exact) mass is 1830 g/mol. The fourth-order valence-electron chi connectivity index (χ4n) is 20.8. The highest BCUT2D eigenvalue weighted by Crippen LogP contribution is 2.46. The molecule has 0 saturated heterocycles. The molecule has 0 saturated carbocycles. The lowest BCUT2D eigenvalue weighted by Crippen LogP contribution is -2.00. The van der Waals surface area contributed by atoms with Gasteiger partial charge in [0.1, 0.15) is 0 Å². The molecule has 7 nitrogen and oxygen atoms in total. The van der Waals surface area contributed by atoms with Crippen LogP contribution in [0.15, 0.2) is 540 Å². The molecular formula is C137H89N7. The average molecular weight is 1830 g/mol. The molecule has 0 aliphatic rings. The van der Waals surface area contributed by atoms with Crippen molar-refractivity contribution in [2.75, 3.05) is 0 Å². The van der Waals surface area contributed by atoms with Gasteiger partial charge in [-0.2, -0.15) is 0 Å². The molecule has 0 spiro atoms. The molecule has 28 aromatic rings. The van der Waals surface area contributed by atoms with E-state index in [1.165, 1.54) is 174 Å². The molecule has 7 heteroatoms. The number of hydrogen-bond acceptors (Lipinski definition) is 7. The summed E-state index contributed by atoms with van der Waals surface area (Å²) >= 11 is 0. The standard InChI is InChI=1S/2C35H23N.C34H22N2.C33H21N3/c1-3-11-24(12-4-1)34-22-27(23-35(36-34)25-13-5-2-6-14-25)26-19-20-32-30-17-8-7-15-28(30)29-16-9-10-18-31(29)33(32)21-26;1-2-8-24(9-3-1)27-20-28(25-16-18-36-19-17-25)22-29(21-27)26-14-15-34-32-12-5-4-10-30(32)31-11-6-7-13-33(31)35(34)23-26;1-3-11-23(12-4-1)32-22-33(24-13-5-2-6-14-24)36-34(35-32)25-19-20-30-28-17-8-7-15-26(28)27-16-9-10-18-29(27)31(30)21-25;1-3-11-22(12-4-1)31-34-32(23-13-5-2-6-14-23)36-33(35-31)24-19-20-29-27-17-8-7-15-25(27)26-16-9-10-18-28(26)30(29)21-24/h2*1-23H;1-22H;1-21H. The molecule has 0 N–H and O–H groups in total. The minimum Gasteiger partial charge on any atom is -0.265 e. The van der Waals surface area contributed by atoms with E-state index in [0.717, 1.165) is 73.1 Å². The SMILES string of the molecule is c1ccc(-c2cc(-c3ccc4c5ccccc5c5ccccc5c4c3)cc(-c3ccccc3)n2)cc1.c1ccc(-c2cc(-c3ccccc3)nc(-c3ccc4c5ccccc5c5ccccc5c4c3)n2)cc1.c1ccc(-c2cc(-c3ccncc3)cc(-c3ccc4c5ccccc5c5ccccc5c4c3)c2)cc1.c1ccc(-c2nc(-c3ccccc3)nc(-c3ccc4c5ccccc5c5ccccc5c4c3)n2)cc1. The van der Waals surface area contributed by atoms with Crippen LogP contribution in [0.25, 0.3) is 264 Å². The molecule has 24 aromatic carbocycles. The lowest BCUT2D eigenvalue weighted by atomic mass is 9.90. The summed E-state index contributed by atoms with van der Waals surface area (Å²) in [5.41, 5.74) is 21.7. The maximum atomic E-state index is 5.05. The van der Waals surface area contributed by atoms with Gasteiger partial charge in [0.2, 0.25) is 0 Å². The summed E-state index contributed by atoms with van der Waals surface area (Å²) in [6, 6.07) is 186. The average Bonchev–Trinajstić information content (AvgIpc) is 0.750. The largest absolute Gasteiger partial charge is 0.265 e. The van der Waals surface area contributed by atoms with Crippen LogP contribution in [0.4, 0.5) is 0 Å².